The van der Waals surface area contributed by atoms with Crippen LogP contribution in [0.15, 0.2) is 24.3 Å². The first-order valence-electron chi connectivity index (χ1n) is 7.56. The van der Waals surface area contributed by atoms with Gasteiger partial charge in [-0.3, -0.25) is 4.79 Å². The van der Waals surface area contributed by atoms with Crippen LogP contribution in [0.3, 0.4) is 0 Å². The molecule has 2 aromatic rings. The minimum atomic E-state index is 0.0137. The van der Waals surface area contributed by atoms with Crippen LogP contribution in [0.5, 0.6) is 0 Å². The molecule has 1 saturated heterocycles. The van der Waals surface area contributed by atoms with Crippen LogP contribution < -0.4 is 4.90 Å². The number of aryl methyl sites for hydroxylation is 2. The van der Waals surface area contributed by atoms with Gasteiger partial charge in [0.15, 0.2) is 0 Å². The third-order valence-electron chi connectivity index (χ3n) is 4.31. The highest BCUT2D eigenvalue weighted by Gasteiger charge is 2.21. The molecule has 0 atom stereocenters. The van der Waals surface area contributed by atoms with Crippen molar-refractivity contribution in [3.8, 4) is 0 Å². The second kappa shape index (κ2) is 6.13. The van der Waals surface area contributed by atoms with Gasteiger partial charge in [-0.25, -0.2) is 4.98 Å². The van der Waals surface area contributed by atoms with E-state index in [4.69, 9.17) is 16.6 Å². The van der Waals surface area contributed by atoms with Gasteiger partial charge in [0.2, 0.25) is 5.91 Å². The maximum absolute atomic E-state index is 11.6. The van der Waals surface area contributed by atoms with Crippen molar-refractivity contribution in [1.82, 2.24) is 9.88 Å². The summed E-state index contributed by atoms with van der Waals surface area (Å²) in [5, 5.41) is 1.21. The fourth-order valence-corrected chi connectivity index (χ4v) is 3.14. The third-order valence-corrected chi connectivity index (χ3v) is 4.53. The molecular formula is C17H20ClN3O. The second-order valence-corrected chi connectivity index (χ2v) is 6.04. The summed E-state index contributed by atoms with van der Waals surface area (Å²) < 4.78 is 0. The summed E-state index contributed by atoms with van der Waals surface area (Å²) in [6.45, 7) is 7.23. The predicted molar refractivity (Wildman–Crippen MR) is 90.7 cm³/mol. The van der Waals surface area contributed by atoms with Gasteiger partial charge in [0.25, 0.3) is 0 Å². The highest BCUT2D eigenvalue weighted by molar-refractivity contribution is 6.27. The number of carbonyl (C=O) groups excluding carboxylic acids is 1. The van der Waals surface area contributed by atoms with Crippen LogP contribution in [0, 0.1) is 13.8 Å². The van der Waals surface area contributed by atoms with Gasteiger partial charge in [-0.05, 0) is 31.0 Å². The smallest absolute Gasteiger partial charge is 0.237 e. The van der Waals surface area contributed by atoms with Gasteiger partial charge in [-0.2, -0.15) is 0 Å². The molecule has 0 aliphatic carbocycles. The number of piperazine rings is 1. The molecule has 2 heterocycles. The normalized spacial score (nSPS) is 15.4. The van der Waals surface area contributed by atoms with Crippen LogP contribution in [0.25, 0.3) is 10.9 Å². The van der Waals surface area contributed by atoms with Crippen molar-refractivity contribution in [2.24, 2.45) is 0 Å². The molecule has 0 unspecified atom stereocenters. The Morgan fingerprint density at radius 1 is 1.18 bits per heavy atom. The highest BCUT2D eigenvalue weighted by Crippen LogP contribution is 2.25. The van der Waals surface area contributed by atoms with Crippen molar-refractivity contribution in [2.45, 2.75) is 13.8 Å². The average Bonchev–Trinajstić information content (AvgIpc) is 2.55. The van der Waals surface area contributed by atoms with Gasteiger partial charge in [0, 0.05) is 31.6 Å². The summed E-state index contributed by atoms with van der Waals surface area (Å²) in [7, 11) is 0. The first-order valence-corrected chi connectivity index (χ1v) is 8.09. The number of aromatic nitrogens is 1. The van der Waals surface area contributed by atoms with Gasteiger partial charge >= 0.3 is 0 Å². The molecular weight excluding hydrogens is 298 g/mol. The number of nitrogens with zero attached hydrogens (tertiary/aromatic N) is 3. The molecule has 3 rings (SSSR count). The van der Waals surface area contributed by atoms with Gasteiger partial charge < -0.3 is 9.80 Å². The number of anilines is 1. The van der Waals surface area contributed by atoms with Crippen LogP contribution in [0.2, 0.25) is 0 Å². The third kappa shape index (κ3) is 2.75. The molecule has 1 aromatic carbocycles. The van der Waals surface area contributed by atoms with Crippen molar-refractivity contribution >= 4 is 34.2 Å². The summed E-state index contributed by atoms with van der Waals surface area (Å²) in [5.41, 5.74) is 3.50. The molecule has 1 fully saturated rings. The largest absolute Gasteiger partial charge is 0.353 e. The van der Waals surface area contributed by atoms with E-state index in [1.807, 2.05) is 4.90 Å². The first kappa shape index (κ1) is 15.1. The predicted octanol–water partition coefficient (Wildman–Crippen LogP) is 2.74. The van der Waals surface area contributed by atoms with E-state index in [1.165, 1.54) is 16.5 Å². The van der Waals surface area contributed by atoms with Gasteiger partial charge in [-0.15, -0.1) is 11.6 Å². The van der Waals surface area contributed by atoms with Crippen molar-refractivity contribution < 1.29 is 4.79 Å². The van der Waals surface area contributed by atoms with Gasteiger partial charge in [0.1, 0.15) is 11.7 Å². The minimum absolute atomic E-state index is 0.0137. The van der Waals surface area contributed by atoms with Crippen LogP contribution in [-0.2, 0) is 4.79 Å². The summed E-state index contributed by atoms with van der Waals surface area (Å²) in [6.07, 6.45) is 0. The zero-order valence-corrected chi connectivity index (χ0v) is 13.7. The number of para-hydroxylation sites is 1. The molecule has 1 aliphatic rings. The van der Waals surface area contributed by atoms with E-state index in [0.29, 0.717) is 13.1 Å². The lowest BCUT2D eigenvalue weighted by Crippen LogP contribution is -2.49. The molecule has 0 bridgehead atoms. The molecule has 0 N–H and O–H groups in total. The zero-order chi connectivity index (χ0) is 15.7. The van der Waals surface area contributed by atoms with E-state index in [9.17, 15) is 4.79 Å². The lowest BCUT2D eigenvalue weighted by Gasteiger charge is -2.35. The van der Waals surface area contributed by atoms with E-state index in [0.717, 1.165) is 24.4 Å². The Labute approximate surface area is 135 Å². The number of amides is 1. The maximum atomic E-state index is 11.6. The van der Waals surface area contributed by atoms with E-state index >= 15 is 0 Å². The molecule has 5 heteroatoms. The van der Waals surface area contributed by atoms with Gasteiger partial charge in [0.05, 0.1) is 5.52 Å². The number of alkyl halides is 1. The second-order valence-electron chi connectivity index (χ2n) is 5.77. The molecule has 1 amide bonds. The van der Waals surface area contributed by atoms with E-state index in [1.54, 1.807) is 0 Å². The van der Waals surface area contributed by atoms with E-state index in [2.05, 4.69) is 43.0 Å². The number of benzene rings is 1. The highest BCUT2D eigenvalue weighted by atomic mass is 35.5. The molecule has 116 valence electrons. The molecule has 1 aliphatic heterocycles. The Bertz CT molecular complexity index is 708. The molecule has 0 saturated carbocycles. The maximum Gasteiger partial charge on any atom is 0.237 e. The lowest BCUT2D eigenvalue weighted by molar-refractivity contribution is -0.128. The summed E-state index contributed by atoms with van der Waals surface area (Å²) in [5.74, 6) is 1.07. The van der Waals surface area contributed by atoms with E-state index < -0.39 is 0 Å². The fourth-order valence-electron chi connectivity index (χ4n) is 2.98. The van der Waals surface area contributed by atoms with Crippen LogP contribution in [-0.4, -0.2) is 47.9 Å². The number of pyridine rings is 1. The zero-order valence-electron chi connectivity index (χ0n) is 13.0. The van der Waals surface area contributed by atoms with Crippen molar-refractivity contribution in [3.05, 3.63) is 35.4 Å². The Morgan fingerprint density at radius 2 is 1.91 bits per heavy atom. The minimum Gasteiger partial charge on any atom is -0.353 e. The number of hydrogen-bond donors (Lipinski definition) is 0. The number of hydrogen-bond acceptors (Lipinski definition) is 3. The number of halogens is 1. The SMILES string of the molecule is Cc1cc(N2CCN(C(=O)CCl)CC2)nc2c(C)cccc12. The van der Waals surface area contributed by atoms with Gasteiger partial charge in [-0.1, -0.05) is 18.2 Å². The number of rotatable bonds is 2. The molecule has 0 spiro atoms. The van der Waals surface area contributed by atoms with Crippen molar-refractivity contribution in [2.75, 3.05) is 37.0 Å². The topological polar surface area (TPSA) is 36.4 Å². The van der Waals surface area contributed by atoms with Crippen LogP contribution >= 0.6 is 11.6 Å². The van der Waals surface area contributed by atoms with Crippen LogP contribution in [0.1, 0.15) is 11.1 Å². The average molecular weight is 318 g/mol. The molecule has 4 nitrogen and oxygen atoms in total. The Balaban J connectivity index is 1.86. The van der Waals surface area contributed by atoms with Crippen molar-refractivity contribution in [1.29, 1.82) is 0 Å². The Kier molecular flexibility index (Phi) is 4.21. The standard InChI is InChI=1S/C17H20ClN3O/c1-12-4-3-5-14-13(2)10-15(19-17(12)14)20-6-8-21(9-7-20)16(22)11-18/h3-5,10H,6-9,11H2,1-2H3. The molecule has 0 radical (unpaired) electrons. The molecule has 22 heavy (non-hydrogen) atoms. The fraction of sp³-hybridized carbons (Fsp3) is 0.412. The van der Waals surface area contributed by atoms with Crippen LogP contribution in [0.4, 0.5) is 5.82 Å². The van der Waals surface area contributed by atoms with Crippen molar-refractivity contribution in [3.63, 3.8) is 0 Å². The number of carbonyl (C=O) groups is 1. The molecule has 1 aromatic heterocycles. The Hall–Kier alpha value is -1.81. The first-order chi connectivity index (χ1) is 10.6. The monoisotopic (exact) mass is 317 g/mol. The Morgan fingerprint density at radius 3 is 2.59 bits per heavy atom. The summed E-state index contributed by atoms with van der Waals surface area (Å²) in [4.78, 5) is 20.6. The summed E-state index contributed by atoms with van der Waals surface area (Å²) in [6, 6.07) is 8.42. The van der Waals surface area contributed by atoms with E-state index in [-0.39, 0.29) is 11.8 Å². The lowest BCUT2D eigenvalue weighted by atomic mass is 10.1. The quantitative estimate of drug-likeness (QED) is 0.799. The number of fused-ring (bicyclic) bond motifs is 1. The summed E-state index contributed by atoms with van der Waals surface area (Å²) >= 11 is 5.63.